The number of para-hydroxylation sites is 3. The Labute approximate surface area is 403 Å². The number of aliphatic hydroxyl groups excluding tert-OH is 2. The minimum Gasteiger partial charge on any atom is -1.00 e. The molecule has 3 aromatic carbocycles. The van der Waals surface area contributed by atoms with Crippen molar-refractivity contribution in [2.45, 2.75) is 57.2 Å². The van der Waals surface area contributed by atoms with Gasteiger partial charge in [0.15, 0.2) is 6.29 Å². The summed E-state index contributed by atoms with van der Waals surface area (Å²) in [5, 5.41) is 43.7. The Bertz CT molecular complexity index is 2500. The van der Waals surface area contributed by atoms with Gasteiger partial charge in [-0.3, -0.25) is 14.5 Å². The second-order valence-electron chi connectivity index (χ2n) is 15.2. The van der Waals surface area contributed by atoms with Crippen LogP contribution < -0.4 is 40.2 Å². The number of ether oxygens (including phenoxy) is 1. The third-order valence-electron chi connectivity index (χ3n) is 10.8. The molecular weight excluding hydrogens is 843 g/mol. The number of carbonyl (C=O) groups is 3. The van der Waals surface area contributed by atoms with Crippen LogP contribution in [0.15, 0.2) is 117 Å². The fraction of sp³-hybridized carbons (Fsp3) is 0.348. The summed E-state index contributed by atoms with van der Waals surface area (Å²) in [7, 11) is -0.782. The molecule has 3 amide bonds. The maximum absolute atomic E-state index is 13.3. The molecule has 3 aromatic heterocycles. The van der Waals surface area contributed by atoms with Gasteiger partial charge in [-0.25, -0.2) is 9.64 Å². The first-order valence-corrected chi connectivity index (χ1v) is 20.5. The van der Waals surface area contributed by atoms with Crippen molar-refractivity contribution in [2.24, 2.45) is 0 Å². The molecule has 0 spiro atoms. The van der Waals surface area contributed by atoms with Crippen LogP contribution in [0.25, 0.3) is 37.8 Å². The monoisotopic (exact) mass is 898 g/mol. The predicted molar refractivity (Wildman–Crippen MR) is 245 cm³/mol. The van der Waals surface area contributed by atoms with Gasteiger partial charge in [0.05, 0.1) is 50.4 Å². The van der Waals surface area contributed by atoms with Crippen LogP contribution in [0.1, 0.15) is 49.6 Å². The van der Waals surface area contributed by atoms with Crippen LogP contribution in [-0.2, 0) is 22.6 Å². The number of fused-ring (bicyclic) bond motifs is 3. The van der Waals surface area contributed by atoms with E-state index in [4.69, 9.17) is 34.8 Å². The Hall–Kier alpha value is -5.19. The van der Waals surface area contributed by atoms with Crippen molar-refractivity contribution in [1.82, 2.24) is 20.4 Å². The number of urea groups is 1. The summed E-state index contributed by atoms with van der Waals surface area (Å²) >= 11 is 0. The maximum Gasteiger partial charge on any atom is 1.00 e. The van der Waals surface area contributed by atoms with Gasteiger partial charge in [0.2, 0.25) is 5.70 Å². The number of morpholine rings is 1. The van der Waals surface area contributed by atoms with Crippen LogP contribution in [0.3, 0.4) is 0 Å². The molecule has 2 fully saturated rings. The number of nitrogens with zero attached hydrogens (tertiary/aromatic N) is 3. The molecule has 19 heteroatoms. The molecule has 2 aliphatic heterocycles. The van der Waals surface area contributed by atoms with E-state index in [1.54, 1.807) is 23.5 Å². The van der Waals surface area contributed by atoms with Crippen LogP contribution >= 0.6 is 0 Å². The van der Waals surface area contributed by atoms with Gasteiger partial charge in [-0.2, -0.15) is 0 Å². The number of hydrogen-bond acceptors (Lipinski definition) is 12. The predicted octanol–water partition coefficient (Wildman–Crippen LogP) is 2.07. The number of furan rings is 3. The molecular formula is C46H55B2N5NaO11. The summed E-state index contributed by atoms with van der Waals surface area (Å²) in [5.41, 5.74) is 4.06. The fourth-order valence-corrected chi connectivity index (χ4v) is 7.50. The number of carbonyl (C=O) groups excluding carboxylic acids is 3. The molecule has 337 valence electrons. The van der Waals surface area contributed by atoms with E-state index >= 15 is 0 Å². The van der Waals surface area contributed by atoms with E-state index in [0.29, 0.717) is 37.3 Å². The Morgan fingerprint density at radius 2 is 1.43 bits per heavy atom. The molecule has 5 heterocycles. The third-order valence-corrected chi connectivity index (χ3v) is 10.8. The summed E-state index contributed by atoms with van der Waals surface area (Å²) in [6.07, 6.45) is 8.75. The first-order chi connectivity index (χ1) is 30.5. The molecule has 8 rings (SSSR count). The smallest absolute Gasteiger partial charge is 1.00 e. The summed E-state index contributed by atoms with van der Waals surface area (Å²) in [6.45, 7) is 15.1. The normalized spacial score (nSPS) is 15.3. The number of nitrogens with one attached hydrogen (secondary N) is 2. The molecule has 0 bridgehead atoms. The second-order valence-corrected chi connectivity index (χ2v) is 15.2. The Morgan fingerprint density at radius 3 is 2.00 bits per heavy atom. The van der Waals surface area contributed by atoms with Crippen molar-refractivity contribution < 1.29 is 83.6 Å². The number of hydrogen-bond donors (Lipinski definition) is 6. The Balaban J connectivity index is 0.000000448. The van der Waals surface area contributed by atoms with Gasteiger partial charge < -0.3 is 55.2 Å². The maximum atomic E-state index is 13.3. The van der Waals surface area contributed by atoms with Crippen molar-refractivity contribution in [3.8, 4) is 0 Å². The van der Waals surface area contributed by atoms with E-state index in [1.165, 1.54) is 6.26 Å². The van der Waals surface area contributed by atoms with Gasteiger partial charge in [-0.1, -0.05) is 60.7 Å². The molecule has 65 heavy (non-hydrogen) atoms. The van der Waals surface area contributed by atoms with Crippen LogP contribution in [0.5, 0.6) is 0 Å². The van der Waals surface area contributed by atoms with Crippen molar-refractivity contribution in [3.05, 3.63) is 131 Å². The zero-order valence-electron chi connectivity index (χ0n) is 38.2. The first-order valence-electron chi connectivity index (χ1n) is 20.5. The van der Waals surface area contributed by atoms with E-state index in [2.05, 4.69) is 20.4 Å². The van der Waals surface area contributed by atoms with Crippen molar-refractivity contribution in [1.29, 1.82) is 0 Å². The molecule has 3 radical (unpaired) electrons. The minimum absolute atomic E-state index is 0. The fourth-order valence-electron chi connectivity index (χ4n) is 7.50. The topological polar surface area (TPSA) is 216 Å². The summed E-state index contributed by atoms with van der Waals surface area (Å²) < 4.78 is 21.2. The van der Waals surface area contributed by atoms with Gasteiger partial charge >= 0.3 is 42.7 Å². The van der Waals surface area contributed by atoms with Crippen LogP contribution in [-0.4, -0.2) is 128 Å². The minimum atomic E-state index is -1.78. The van der Waals surface area contributed by atoms with E-state index in [0.717, 1.165) is 71.4 Å². The quantitative estimate of drug-likeness (QED) is 0.0478. The zero-order valence-corrected chi connectivity index (χ0v) is 39.2. The molecule has 0 saturated carbocycles. The number of rotatable bonds is 11. The Morgan fingerprint density at radius 1 is 0.892 bits per heavy atom. The second kappa shape index (κ2) is 26.7. The largest absolute Gasteiger partial charge is 1.00 e. The number of benzene rings is 3. The van der Waals surface area contributed by atoms with Gasteiger partial charge in [0.1, 0.15) is 23.0 Å². The summed E-state index contributed by atoms with van der Waals surface area (Å²) in [4.78, 5) is 43.9. The van der Waals surface area contributed by atoms with Crippen molar-refractivity contribution in [2.75, 3.05) is 46.5 Å². The number of aliphatic hydroxyl groups is 2. The average Bonchev–Trinajstić information content (AvgIpc) is 4.14. The number of aldehydes is 1. The SMILES string of the molecule is CO.O=Cc1coc2ccccc12.OCc1coc2ccccc12.[B].[C-]#[N+]C(=CC(C)(C)N1CCOCC1)C(=O)N1CCC[C@@H]1CNC(=O)N[C@@H](Cc1coc2ccccc12)B(O)O.[H-].[Na+]. The van der Waals surface area contributed by atoms with E-state index in [1.807, 2.05) is 86.6 Å². The number of likely N-dealkylation sites (tertiary alicyclic amines) is 1. The summed E-state index contributed by atoms with van der Waals surface area (Å²) in [5.74, 6) is -1.31. The molecule has 16 nitrogen and oxygen atoms in total. The molecule has 0 unspecified atom stereocenters. The molecule has 2 atom stereocenters. The molecule has 0 aliphatic carbocycles. The van der Waals surface area contributed by atoms with Gasteiger partial charge in [-0.05, 0) is 56.9 Å². The number of amides is 3. The third kappa shape index (κ3) is 14.4. The van der Waals surface area contributed by atoms with Crippen molar-refractivity contribution in [3.63, 3.8) is 0 Å². The van der Waals surface area contributed by atoms with Crippen LogP contribution in [0, 0.1) is 6.57 Å². The summed E-state index contributed by atoms with van der Waals surface area (Å²) in [6, 6.07) is 21.7. The average molecular weight is 899 g/mol. The van der Waals surface area contributed by atoms with Crippen molar-refractivity contribution >= 4 is 66.7 Å². The molecule has 2 saturated heterocycles. The zero-order chi connectivity index (χ0) is 45.4. The van der Waals surface area contributed by atoms with E-state index in [9.17, 15) is 24.4 Å². The van der Waals surface area contributed by atoms with E-state index < -0.39 is 24.6 Å². The Kier molecular flexibility index (Phi) is 22.2. The standard InChI is InChI=1S/C27H36BN5O6.C9H8O2.C9H6O2.CH4O.B.Na.H/c1-27(2,32-11-13-38-14-12-32)16-22(29-3)25(34)33-10-6-7-20(33)17-30-26(35)31-24(28(36)37)15-19-18-39-23-9-5-4-8-21(19)23;2*10-5-7-6-11-9-4-2-1-3-8(7)9;1-2;;;/h4-5,8-9,16,18,20,24,36-37H,6-7,10-15,17H2,1-2H3,(H2,30,31,35);1-4,6,10H,5H2;1-6H;2H,1H3;;;/q;;;;;+1;-1/t20-,24+;;;;;;/m1....../s1. The van der Waals surface area contributed by atoms with E-state index in [-0.39, 0.29) is 76.6 Å². The first kappa shape index (κ1) is 54.1. The molecule has 6 N–H and O–H groups in total. The van der Waals surface area contributed by atoms with Crippen LogP contribution in [0.2, 0.25) is 0 Å². The van der Waals surface area contributed by atoms with Gasteiger partial charge in [-0.15, -0.1) is 0 Å². The van der Waals surface area contributed by atoms with Crippen LogP contribution in [0.4, 0.5) is 4.79 Å². The molecule has 2 aliphatic rings. The van der Waals surface area contributed by atoms with Gasteiger partial charge in [0, 0.05) is 75.0 Å². The molecule has 6 aromatic rings. The van der Waals surface area contributed by atoms with Gasteiger partial charge in [0.25, 0.3) is 5.91 Å².